The van der Waals surface area contributed by atoms with Gasteiger partial charge < -0.3 is 19.3 Å². The van der Waals surface area contributed by atoms with Gasteiger partial charge in [0.2, 0.25) is 11.8 Å². The molecule has 1 fully saturated rings. The summed E-state index contributed by atoms with van der Waals surface area (Å²) in [6, 6.07) is 7.07. The van der Waals surface area contributed by atoms with E-state index in [1.54, 1.807) is 43.0 Å². The molecule has 1 aromatic rings. The summed E-state index contributed by atoms with van der Waals surface area (Å²) in [4.78, 5) is 41.4. The van der Waals surface area contributed by atoms with Gasteiger partial charge in [-0.05, 0) is 31.5 Å². The van der Waals surface area contributed by atoms with Crippen LogP contribution in [0.3, 0.4) is 0 Å². The summed E-state index contributed by atoms with van der Waals surface area (Å²) in [5, 5.41) is 0.576. The molecule has 2 aliphatic heterocycles. The first-order valence-electron chi connectivity index (χ1n) is 9.71. The topological polar surface area (TPSA) is 76.2 Å². The van der Waals surface area contributed by atoms with E-state index in [0.717, 1.165) is 5.56 Å². The molecule has 1 aromatic carbocycles. The van der Waals surface area contributed by atoms with Crippen molar-refractivity contribution in [2.75, 3.05) is 39.5 Å². The van der Waals surface area contributed by atoms with Crippen LogP contribution in [0.15, 0.2) is 35.5 Å². The number of hydrogen-bond donors (Lipinski definition) is 0. The molecule has 29 heavy (non-hydrogen) atoms. The fourth-order valence-electron chi connectivity index (χ4n) is 3.70. The van der Waals surface area contributed by atoms with Crippen LogP contribution in [0.5, 0.6) is 0 Å². The Labute approximate surface area is 175 Å². The Morgan fingerprint density at radius 3 is 2.48 bits per heavy atom. The zero-order valence-corrected chi connectivity index (χ0v) is 17.4. The number of amides is 2. The van der Waals surface area contributed by atoms with Gasteiger partial charge in [0.15, 0.2) is 0 Å². The summed E-state index contributed by atoms with van der Waals surface area (Å²) in [6.45, 7) is 5.54. The Balaban J connectivity index is 1.91. The molecule has 0 spiro atoms. The highest BCUT2D eigenvalue weighted by atomic mass is 35.5. The smallest absolute Gasteiger partial charge is 0.336 e. The maximum atomic E-state index is 12.9. The Kier molecular flexibility index (Phi) is 6.92. The minimum absolute atomic E-state index is 0.0868. The van der Waals surface area contributed by atoms with Crippen molar-refractivity contribution in [3.63, 3.8) is 0 Å². The second-order valence-electron chi connectivity index (χ2n) is 7.00. The van der Waals surface area contributed by atoms with Crippen molar-refractivity contribution in [2.24, 2.45) is 0 Å². The number of allylic oxidation sites excluding steroid dienone is 1. The van der Waals surface area contributed by atoms with Gasteiger partial charge in [-0.15, -0.1) is 0 Å². The van der Waals surface area contributed by atoms with Crippen molar-refractivity contribution < 1.29 is 23.9 Å². The molecule has 7 nitrogen and oxygen atoms in total. The van der Waals surface area contributed by atoms with E-state index in [1.807, 2.05) is 0 Å². The summed E-state index contributed by atoms with van der Waals surface area (Å²) in [7, 11) is 0. The number of rotatable bonds is 5. The van der Waals surface area contributed by atoms with Crippen molar-refractivity contribution in [1.29, 1.82) is 0 Å². The number of ether oxygens (including phenoxy) is 2. The van der Waals surface area contributed by atoms with Crippen LogP contribution in [-0.4, -0.2) is 67.0 Å². The van der Waals surface area contributed by atoms with Crippen molar-refractivity contribution in [3.8, 4) is 0 Å². The number of morpholine rings is 1. The van der Waals surface area contributed by atoms with Crippen LogP contribution in [0.2, 0.25) is 5.02 Å². The van der Waals surface area contributed by atoms with E-state index in [-0.39, 0.29) is 31.4 Å². The van der Waals surface area contributed by atoms with E-state index in [0.29, 0.717) is 42.6 Å². The van der Waals surface area contributed by atoms with E-state index in [2.05, 4.69) is 0 Å². The fourth-order valence-corrected chi connectivity index (χ4v) is 3.83. The number of carbonyl (C=O) groups excluding carboxylic acids is 3. The first kappa shape index (κ1) is 21.3. The van der Waals surface area contributed by atoms with Crippen LogP contribution in [0.4, 0.5) is 0 Å². The summed E-state index contributed by atoms with van der Waals surface area (Å²) in [6.07, 6.45) is 0.0868. The maximum Gasteiger partial charge on any atom is 0.336 e. The lowest BCUT2D eigenvalue weighted by Gasteiger charge is -2.36. The van der Waals surface area contributed by atoms with E-state index in [4.69, 9.17) is 21.1 Å². The predicted molar refractivity (Wildman–Crippen MR) is 107 cm³/mol. The molecule has 0 aromatic heterocycles. The van der Waals surface area contributed by atoms with Gasteiger partial charge in [-0.3, -0.25) is 9.59 Å². The van der Waals surface area contributed by atoms with Crippen LogP contribution >= 0.6 is 11.6 Å². The minimum atomic E-state index is -0.471. The minimum Gasteiger partial charge on any atom is -0.463 e. The number of carbonyl (C=O) groups is 3. The number of hydrogen-bond acceptors (Lipinski definition) is 5. The van der Waals surface area contributed by atoms with E-state index in [9.17, 15) is 14.4 Å². The van der Waals surface area contributed by atoms with Gasteiger partial charge in [0, 0.05) is 36.1 Å². The van der Waals surface area contributed by atoms with E-state index >= 15 is 0 Å². The summed E-state index contributed by atoms with van der Waals surface area (Å²) in [5.41, 5.74) is 1.68. The molecule has 156 valence electrons. The number of halogens is 1. The quantitative estimate of drug-likeness (QED) is 0.683. The van der Waals surface area contributed by atoms with Crippen LogP contribution in [0.1, 0.15) is 31.7 Å². The van der Waals surface area contributed by atoms with Crippen molar-refractivity contribution in [2.45, 2.75) is 26.2 Å². The molecule has 3 rings (SSSR count). The average molecular weight is 421 g/mol. The molecule has 1 saturated heterocycles. The van der Waals surface area contributed by atoms with Gasteiger partial charge >= 0.3 is 5.97 Å². The highest BCUT2D eigenvalue weighted by molar-refractivity contribution is 6.30. The number of nitrogens with zero attached hydrogens (tertiary/aromatic N) is 2. The van der Waals surface area contributed by atoms with Gasteiger partial charge in [-0.25, -0.2) is 4.79 Å². The predicted octanol–water partition coefficient (Wildman–Crippen LogP) is 2.35. The first-order chi connectivity index (χ1) is 13.9. The standard InChI is InChI=1S/C21H25ClN2O5/c1-3-29-21(27)20-14(2)24(13-19(26)23-8-10-28-11-9-23)18(25)12-17(20)15-4-6-16(22)7-5-15/h4-7,17H,3,8-13H2,1-2H3. The largest absolute Gasteiger partial charge is 0.463 e. The van der Waals surface area contributed by atoms with E-state index < -0.39 is 11.9 Å². The molecular formula is C21H25ClN2O5. The molecule has 0 aliphatic carbocycles. The van der Waals surface area contributed by atoms with Gasteiger partial charge in [-0.2, -0.15) is 0 Å². The second kappa shape index (κ2) is 9.41. The average Bonchev–Trinajstić information content (AvgIpc) is 2.72. The van der Waals surface area contributed by atoms with Crippen LogP contribution < -0.4 is 0 Å². The van der Waals surface area contributed by atoms with Crippen molar-refractivity contribution >= 4 is 29.4 Å². The number of benzene rings is 1. The van der Waals surface area contributed by atoms with Crippen LogP contribution in [0, 0.1) is 0 Å². The molecule has 0 bridgehead atoms. The van der Waals surface area contributed by atoms with Gasteiger partial charge in [0.05, 0.1) is 25.4 Å². The lowest BCUT2D eigenvalue weighted by atomic mass is 9.83. The fraction of sp³-hybridized carbons (Fsp3) is 0.476. The Morgan fingerprint density at radius 2 is 1.86 bits per heavy atom. The Bertz CT molecular complexity index is 815. The molecule has 2 heterocycles. The molecule has 1 atom stereocenters. The molecule has 1 unspecified atom stereocenters. The van der Waals surface area contributed by atoms with Gasteiger partial charge in [0.25, 0.3) is 0 Å². The molecule has 2 amide bonds. The highest BCUT2D eigenvalue weighted by Gasteiger charge is 2.38. The normalized spacial score (nSPS) is 20.1. The molecule has 2 aliphatic rings. The molecule has 0 radical (unpaired) electrons. The van der Waals surface area contributed by atoms with E-state index in [1.165, 1.54) is 4.90 Å². The van der Waals surface area contributed by atoms with Gasteiger partial charge in [0.1, 0.15) is 6.54 Å². The zero-order valence-electron chi connectivity index (χ0n) is 16.7. The number of esters is 1. The highest BCUT2D eigenvalue weighted by Crippen LogP contribution is 2.37. The Morgan fingerprint density at radius 1 is 1.21 bits per heavy atom. The lowest BCUT2D eigenvalue weighted by Crippen LogP contribution is -2.48. The molecule has 0 N–H and O–H groups in total. The lowest BCUT2D eigenvalue weighted by molar-refractivity contribution is -0.144. The maximum absolute atomic E-state index is 12.9. The van der Waals surface area contributed by atoms with Crippen LogP contribution in [-0.2, 0) is 23.9 Å². The third-order valence-corrected chi connectivity index (χ3v) is 5.50. The monoisotopic (exact) mass is 420 g/mol. The van der Waals surface area contributed by atoms with Crippen LogP contribution in [0.25, 0.3) is 0 Å². The molecule has 0 saturated carbocycles. The first-order valence-corrected chi connectivity index (χ1v) is 10.1. The Hall–Kier alpha value is -2.38. The summed E-state index contributed by atoms with van der Waals surface area (Å²) < 4.78 is 10.5. The molecular weight excluding hydrogens is 396 g/mol. The summed E-state index contributed by atoms with van der Waals surface area (Å²) in [5.74, 6) is -1.26. The third-order valence-electron chi connectivity index (χ3n) is 5.25. The molecule has 8 heteroatoms. The SMILES string of the molecule is CCOC(=O)C1=C(C)N(CC(=O)N2CCOCC2)C(=O)CC1c1ccc(Cl)cc1. The van der Waals surface area contributed by atoms with Gasteiger partial charge in [-0.1, -0.05) is 23.7 Å². The van der Waals surface area contributed by atoms with Crippen molar-refractivity contribution in [3.05, 3.63) is 46.1 Å². The van der Waals surface area contributed by atoms with Crippen molar-refractivity contribution in [1.82, 2.24) is 9.80 Å². The third kappa shape index (κ3) is 4.79. The second-order valence-corrected chi connectivity index (χ2v) is 7.44. The summed E-state index contributed by atoms with van der Waals surface area (Å²) >= 11 is 5.98. The zero-order chi connectivity index (χ0) is 21.0.